The molecule has 0 saturated heterocycles. The largest absolute Gasteiger partial charge is 0.465 e. The number of carbonyl (C=O) groups is 1. The second-order valence-electron chi connectivity index (χ2n) is 7.40. The normalized spacial score (nSPS) is 11.3. The summed E-state index contributed by atoms with van der Waals surface area (Å²) in [7, 11) is 0. The zero-order chi connectivity index (χ0) is 20.7. The van der Waals surface area contributed by atoms with Gasteiger partial charge in [0.15, 0.2) is 0 Å². The van der Waals surface area contributed by atoms with Crippen molar-refractivity contribution in [3.05, 3.63) is 0 Å². The number of unbranched alkanes of at least 4 members (excludes halogenated alkanes) is 5. The Hall–Kier alpha value is -0.690. The SMILES string of the molecule is CCCCCCCCOCCOCCOCCOCCCC(=O)OCC(C)C. The average Bonchev–Trinajstić information content (AvgIpc) is 2.68. The Morgan fingerprint density at radius 1 is 0.643 bits per heavy atom. The third kappa shape index (κ3) is 23.3. The summed E-state index contributed by atoms with van der Waals surface area (Å²) in [5, 5.41) is 0. The van der Waals surface area contributed by atoms with E-state index in [4.69, 9.17) is 23.7 Å². The Bertz CT molecular complexity index is 322. The highest BCUT2D eigenvalue weighted by Crippen LogP contribution is 2.04. The molecular formula is C22H44O6. The van der Waals surface area contributed by atoms with Gasteiger partial charge in [0, 0.05) is 19.6 Å². The first-order valence-corrected chi connectivity index (χ1v) is 11.1. The third-order valence-corrected chi connectivity index (χ3v) is 4.01. The second kappa shape index (κ2) is 22.6. The van der Waals surface area contributed by atoms with Crippen molar-refractivity contribution in [2.75, 3.05) is 59.5 Å². The maximum absolute atomic E-state index is 11.4. The van der Waals surface area contributed by atoms with E-state index in [1.807, 2.05) is 13.8 Å². The lowest BCUT2D eigenvalue weighted by molar-refractivity contribution is -0.145. The highest BCUT2D eigenvalue weighted by atomic mass is 16.6. The molecule has 0 aliphatic rings. The van der Waals surface area contributed by atoms with Crippen LogP contribution in [0.3, 0.4) is 0 Å². The lowest BCUT2D eigenvalue weighted by atomic mass is 10.1. The first-order valence-electron chi connectivity index (χ1n) is 11.1. The summed E-state index contributed by atoms with van der Waals surface area (Å²) in [5.74, 6) is 0.223. The number of hydrogen-bond acceptors (Lipinski definition) is 6. The molecule has 6 heteroatoms. The maximum Gasteiger partial charge on any atom is 0.305 e. The van der Waals surface area contributed by atoms with Gasteiger partial charge in [0.25, 0.3) is 0 Å². The minimum atomic E-state index is -0.151. The second-order valence-corrected chi connectivity index (χ2v) is 7.40. The molecule has 6 nitrogen and oxygen atoms in total. The van der Waals surface area contributed by atoms with E-state index < -0.39 is 0 Å². The Kier molecular flexibility index (Phi) is 22.0. The first-order chi connectivity index (χ1) is 13.7. The predicted molar refractivity (Wildman–Crippen MR) is 112 cm³/mol. The van der Waals surface area contributed by atoms with Crippen LogP contribution in [0.25, 0.3) is 0 Å². The van der Waals surface area contributed by atoms with Crippen molar-refractivity contribution in [2.45, 2.75) is 72.1 Å². The van der Waals surface area contributed by atoms with Crippen molar-refractivity contribution in [1.82, 2.24) is 0 Å². The summed E-state index contributed by atoms with van der Waals surface area (Å²) >= 11 is 0. The molecule has 0 unspecified atom stereocenters. The van der Waals surface area contributed by atoms with Crippen LogP contribution < -0.4 is 0 Å². The van der Waals surface area contributed by atoms with Crippen LogP contribution in [0.4, 0.5) is 0 Å². The van der Waals surface area contributed by atoms with E-state index in [0.717, 1.165) is 13.0 Å². The number of esters is 1. The summed E-state index contributed by atoms with van der Waals surface area (Å²) in [5.41, 5.74) is 0. The van der Waals surface area contributed by atoms with Gasteiger partial charge in [-0.2, -0.15) is 0 Å². The maximum atomic E-state index is 11.4. The van der Waals surface area contributed by atoms with Crippen molar-refractivity contribution < 1.29 is 28.5 Å². The molecule has 0 spiro atoms. The molecule has 0 aliphatic carbocycles. The summed E-state index contributed by atoms with van der Waals surface area (Å²) in [6, 6.07) is 0. The summed E-state index contributed by atoms with van der Waals surface area (Å²) in [4.78, 5) is 11.4. The van der Waals surface area contributed by atoms with Crippen molar-refractivity contribution in [3.63, 3.8) is 0 Å². The van der Waals surface area contributed by atoms with Gasteiger partial charge in [0.1, 0.15) is 0 Å². The molecule has 0 aromatic carbocycles. The molecule has 0 fully saturated rings. The van der Waals surface area contributed by atoms with Crippen LogP contribution in [0.5, 0.6) is 0 Å². The number of rotatable bonds is 22. The Morgan fingerprint density at radius 3 is 1.64 bits per heavy atom. The van der Waals surface area contributed by atoms with Crippen LogP contribution in [0.15, 0.2) is 0 Å². The Morgan fingerprint density at radius 2 is 1.11 bits per heavy atom. The van der Waals surface area contributed by atoms with Gasteiger partial charge in [0.05, 0.1) is 46.2 Å². The smallest absolute Gasteiger partial charge is 0.305 e. The number of carbonyl (C=O) groups excluding carboxylic acids is 1. The molecule has 0 heterocycles. The van der Waals surface area contributed by atoms with Gasteiger partial charge in [-0.15, -0.1) is 0 Å². The van der Waals surface area contributed by atoms with Gasteiger partial charge in [0.2, 0.25) is 0 Å². The molecule has 0 radical (unpaired) electrons. The average molecular weight is 405 g/mol. The van der Waals surface area contributed by atoms with E-state index in [1.165, 1.54) is 32.1 Å². The van der Waals surface area contributed by atoms with Gasteiger partial charge in [-0.1, -0.05) is 52.9 Å². The molecule has 0 aromatic heterocycles. The van der Waals surface area contributed by atoms with E-state index in [2.05, 4.69) is 6.92 Å². The van der Waals surface area contributed by atoms with E-state index in [-0.39, 0.29) is 5.97 Å². The number of hydrogen-bond donors (Lipinski definition) is 0. The van der Waals surface area contributed by atoms with Crippen molar-refractivity contribution in [3.8, 4) is 0 Å². The van der Waals surface area contributed by atoms with Crippen molar-refractivity contribution in [1.29, 1.82) is 0 Å². The quantitative estimate of drug-likeness (QED) is 0.197. The van der Waals surface area contributed by atoms with Crippen molar-refractivity contribution in [2.24, 2.45) is 5.92 Å². The molecule has 0 amide bonds. The summed E-state index contributed by atoms with van der Waals surface area (Å²) in [6.45, 7) is 11.6. The van der Waals surface area contributed by atoms with Gasteiger partial charge in [-0.25, -0.2) is 0 Å². The molecule has 168 valence electrons. The highest BCUT2D eigenvalue weighted by molar-refractivity contribution is 5.69. The van der Waals surface area contributed by atoms with Crippen LogP contribution in [0, 0.1) is 5.92 Å². The monoisotopic (exact) mass is 404 g/mol. The molecular weight excluding hydrogens is 360 g/mol. The molecule has 0 atom stereocenters. The fraction of sp³-hybridized carbons (Fsp3) is 0.955. The van der Waals surface area contributed by atoms with Gasteiger partial charge >= 0.3 is 5.97 Å². The topological polar surface area (TPSA) is 63.2 Å². The minimum absolute atomic E-state index is 0.151. The lowest BCUT2D eigenvalue weighted by Crippen LogP contribution is -2.13. The highest BCUT2D eigenvalue weighted by Gasteiger charge is 2.04. The fourth-order valence-electron chi connectivity index (χ4n) is 2.40. The van der Waals surface area contributed by atoms with E-state index in [9.17, 15) is 4.79 Å². The van der Waals surface area contributed by atoms with Crippen LogP contribution in [-0.4, -0.2) is 65.4 Å². The first kappa shape index (κ1) is 27.3. The van der Waals surface area contributed by atoms with Crippen LogP contribution in [-0.2, 0) is 28.5 Å². The fourth-order valence-corrected chi connectivity index (χ4v) is 2.40. The van der Waals surface area contributed by atoms with E-state index >= 15 is 0 Å². The summed E-state index contributed by atoms with van der Waals surface area (Å²) < 4.78 is 27.0. The molecule has 0 bridgehead atoms. The Labute approximate surface area is 172 Å². The molecule has 0 aromatic rings. The number of ether oxygens (including phenoxy) is 5. The van der Waals surface area contributed by atoms with Crippen LogP contribution in [0.1, 0.15) is 72.1 Å². The minimum Gasteiger partial charge on any atom is -0.465 e. The lowest BCUT2D eigenvalue weighted by Gasteiger charge is -2.08. The third-order valence-electron chi connectivity index (χ3n) is 4.01. The van der Waals surface area contributed by atoms with Crippen LogP contribution >= 0.6 is 0 Å². The summed E-state index contributed by atoms with van der Waals surface area (Å²) in [6.07, 6.45) is 8.79. The molecule has 28 heavy (non-hydrogen) atoms. The van der Waals surface area contributed by atoms with Crippen LogP contribution in [0.2, 0.25) is 0 Å². The molecule has 0 saturated carbocycles. The van der Waals surface area contributed by atoms with Gasteiger partial charge < -0.3 is 23.7 Å². The zero-order valence-corrected chi connectivity index (χ0v) is 18.5. The van der Waals surface area contributed by atoms with Gasteiger partial charge in [-0.3, -0.25) is 4.79 Å². The van der Waals surface area contributed by atoms with E-state index in [0.29, 0.717) is 71.6 Å². The molecule has 0 N–H and O–H groups in total. The standard InChI is InChI=1S/C22H44O6/c1-4-5-6-7-8-9-12-24-14-16-26-18-19-27-17-15-25-13-10-11-22(23)28-20-21(2)3/h21H,4-20H2,1-3H3. The zero-order valence-electron chi connectivity index (χ0n) is 18.5. The van der Waals surface area contributed by atoms with Gasteiger partial charge in [-0.05, 0) is 18.8 Å². The molecule has 0 aliphatic heterocycles. The van der Waals surface area contributed by atoms with Crippen molar-refractivity contribution >= 4 is 5.97 Å². The predicted octanol–water partition coefficient (Wildman–Crippen LogP) is 4.39. The van der Waals surface area contributed by atoms with E-state index in [1.54, 1.807) is 0 Å². The molecule has 0 rings (SSSR count). The Balaban J connectivity index is 3.07.